The monoisotopic (exact) mass is 258 g/mol. The molecule has 0 amide bonds. The number of esters is 1. The van der Waals surface area contributed by atoms with Crippen molar-refractivity contribution in [2.75, 3.05) is 13.7 Å². The summed E-state index contributed by atoms with van der Waals surface area (Å²) in [6, 6.07) is 4.52. The van der Waals surface area contributed by atoms with Crippen LogP contribution in [0.4, 0.5) is 8.78 Å². The molecule has 0 aliphatic heterocycles. The zero-order valence-electron chi connectivity index (χ0n) is 10.4. The third-order valence-electron chi connectivity index (χ3n) is 2.45. The van der Waals surface area contributed by atoms with Crippen LogP contribution in [0.25, 0.3) is 0 Å². The Hall–Kier alpha value is -1.65. The Balaban J connectivity index is 2.73. The molecule has 0 saturated heterocycles. The van der Waals surface area contributed by atoms with Crippen LogP contribution in [-0.2, 0) is 16.0 Å². The number of carbonyl (C=O) groups excluding carboxylic acids is 1. The minimum Gasteiger partial charge on any atom is -0.496 e. The van der Waals surface area contributed by atoms with Crippen molar-refractivity contribution in [1.82, 2.24) is 0 Å². The number of ether oxygens (including phenoxy) is 2. The first-order chi connectivity index (χ1) is 8.58. The number of carbonyl (C=O) groups is 1. The number of halogens is 2. The summed E-state index contributed by atoms with van der Waals surface area (Å²) in [7, 11) is 1.35. The van der Waals surface area contributed by atoms with Crippen LogP contribution in [0.3, 0.4) is 0 Å². The molecule has 1 aromatic rings. The lowest BCUT2D eigenvalue weighted by Crippen LogP contribution is -2.05. The van der Waals surface area contributed by atoms with Crippen LogP contribution in [0, 0.1) is 0 Å². The molecule has 5 heteroatoms. The van der Waals surface area contributed by atoms with Gasteiger partial charge in [-0.1, -0.05) is 6.07 Å². The first-order valence-electron chi connectivity index (χ1n) is 5.69. The topological polar surface area (TPSA) is 35.5 Å². The van der Waals surface area contributed by atoms with Gasteiger partial charge >= 0.3 is 5.97 Å². The predicted octanol–water partition coefficient (Wildman–Crippen LogP) is 3.13. The third-order valence-corrected chi connectivity index (χ3v) is 2.45. The van der Waals surface area contributed by atoms with Crippen molar-refractivity contribution in [3.05, 3.63) is 29.3 Å². The number of rotatable bonds is 6. The van der Waals surface area contributed by atoms with E-state index < -0.39 is 6.43 Å². The Morgan fingerprint density at radius 3 is 2.67 bits per heavy atom. The summed E-state index contributed by atoms with van der Waals surface area (Å²) in [4.78, 5) is 11.2. The molecule has 0 fully saturated rings. The number of methoxy groups -OCH3 is 1. The molecule has 0 saturated carbocycles. The zero-order chi connectivity index (χ0) is 13.5. The number of hydrogen-bond acceptors (Lipinski definition) is 3. The highest BCUT2D eigenvalue weighted by Crippen LogP contribution is 2.30. The van der Waals surface area contributed by atoms with E-state index in [2.05, 4.69) is 0 Å². The highest BCUT2D eigenvalue weighted by atomic mass is 19.3. The van der Waals surface area contributed by atoms with Crippen molar-refractivity contribution in [2.24, 2.45) is 0 Å². The summed E-state index contributed by atoms with van der Waals surface area (Å²) in [6.07, 6.45) is -2.03. The summed E-state index contributed by atoms with van der Waals surface area (Å²) < 4.78 is 35.1. The molecule has 0 heterocycles. The van der Waals surface area contributed by atoms with E-state index in [1.54, 1.807) is 13.0 Å². The second kappa shape index (κ2) is 6.93. The molecule has 18 heavy (non-hydrogen) atoms. The minimum absolute atomic E-state index is 0.154. The summed E-state index contributed by atoms with van der Waals surface area (Å²) in [5, 5.41) is 0. The van der Waals surface area contributed by atoms with Gasteiger partial charge in [-0.15, -0.1) is 0 Å². The summed E-state index contributed by atoms with van der Waals surface area (Å²) in [5.41, 5.74) is 0.512. The average Bonchev–Trinajstić information content (AvgIpc) is 2.36. The fourth-order valence-corrected chi connectivity index (χ4v) is 1.59. The Morgan fingerprint density at radius 1 is 1.39 bits per heavy atom. The second-order valence-corrected chi connectivity index (χ2v) is 3.68. The molecule has 0 radical (unpaired) electrons. The van der Waals surface area contributed by atoms with Crippen LogP contribution in [0.5, 0.6) is 5.75 Å². The van der Waals surface area contributed by atoms with E-state index in [4.69, 9.17) is 9.47 Å². The normalized spacial score (nSPS) is 10.5. The molecule has 0 atom stereocenters. The highest BCUT2D eigenvalue weighted by Gasteiger charge is 2.14. The van der Waals surface area contributed by atoms with Gasteiger partial charge in [-0.2, -0.15) is 0 Å². The molecule has 0 aliphatic carbocycles. The lowest BCUT2D eigenvalue weighted by atomic mass is 10.1. The number of benzene rings is 1. The van der Waals surface area contributed by atoms with E-state index in [-0.39, 0.29) is 23.7 Å². The van der Waals surface area contributed by atoms with Crippen LogP contribution >= 0.6 is 0 Å². The van der Waals surface area contributed by atoms with Crippen molar-refractivity contribution in [3.8, 4) is 5.75 Å². The maximum Gasteiger partial charge on any atom is 0.306 e. The first-order valence-corrected chi connectivity index (χ1v) is 5.69. The van der Waals surface area contributed by atoms with E-state index >= 15 is 0 Å². The molecule has 0 N–H and O–H groups in total. The van der Waals surface area contributed by atoms with Crippen LogP contribution < -0.4 is 4.74 Å². The Bertz CT molecular complexity index is 405. The maximum atomic E-state index is 12.7. The fraction of sp³-hybridized carbons (Fsp3) is 0.462. The van der Waals surface area contributed by atoms with E-state index in [1.165, 1.54) is 19.2 Å². The van der Waals surface area contributed by atoms with E-state index in [0.717, 1.165) is 0 Å². The quantitative estimate of drug-likeness (QED) is 0.735. The zero-order valence-corrected chi connectivity index (χ0v) is 10.4. The first kappa shape index (κ1) is 14.4. The van der Waals surface area contributed by atoms with Crippen LogP contribution in [-0.4, -0.2) is 19.7 Å². The largest absolute Gasteiger partial charge is 0.496 e. The molecule has 1 rings (SSSR count). The SMILES string of the molecule is CCOC(=O)CCc1ccc(OC)c(C(F)F)c1. The van der Waals surface area contributed by atoms with Crippen LogP contribution in [0.1, 0.15) is 30.9 Å². The van der Waals surface area contributed by atoms with Gasteiger partial charge in [0.1, 0.15) is 5.75 Å². The van der Waals surface area contributed by atoms with Gasteiger partial charge in [-0.05, 0) is 31.0 Å². The van der Waals surface area contributed by atoms with Gasteiger partial charge in [0.15, 0.2) is 0 Å². The third kappa shape index (κ3) is 3.98. The average molecular weight is 258 g/mol. The molecule has 0 unspecified atom stereocenters. The standard InChI is InChI=1S/C13H16F2O3/c1-3-18-12(16)7-5-9-4-6-11(17-2)10(8-9)13(14)15/h4,6,8,13H,3,5,7H2,1-2H3. The van der Waals surface area contributed by atoms with Crippen molar-refractivity contribution >= 4 is 5.97 Å². The lowest BCUT2D eigenvalue weighted by Gasteiger charge is -2.10. The molecule has 1 aromatic carbocycles. The van der Waals surface area contributed by atoms with E-state index in [9.17, 15) is 13.6 Å². The summed E-state index contributed by atoms with van der Waals surface area (Å²) >= 11 is 0. The van der Waals surface area contributed by atoms with Gasteiger partial charge in [0.25, 0.3) is 6.43 Å². The Kier molecular flexibility index (Phi) is 5.55. The molecule has 0 bridgehead atoms. The summed E-state index contributed by atoms with van der Waals surface area (Å²) in [6.45, 7) is 2.05. The molecule has 3 nitrogen and oxygen atoms in total. The fourth-order valence-electron chi connectivity index (χ4n) is 1.59. The van der Waals surface area contributed by atoms with E-state index in [0.29, 0.717) is 18.6 Å². The van der Waals surface area contributed by atoms with Crippen LogP contribution in [0.15, 0.2) is 18.2 Å². The molecular formula is C13H16F2O3. The van der Waals surface area contributed by atoms with E-state index in [1.807, 2.05) is 0 Å². The van der Waals surface area contributed by atoms with Crippen LogP contribution in [0.2, 0.25) is 0 Å². The number of hydrogen-bond donors (Lipinski definition) is 0. The van der Waals surface area contributed by atoms with Gasteiger partial charge in [-0.3, -0.25) is 4.79 Å². The molecular weight excluding hydrogens is 242 g/mol. The van der Waals surface area contributed by atoms with Gasteiger partial charge < -0.3 is 9.47 Å². The van der Waals surface area contributed by atoms with Gasteiger partial charge in [0.05, 0.1) is 19.3 Å². The molecule has 0 aliphatic rings. The molecule has 0 spiro atoms. The Morgan fingerprint density at radius 2 is 2.11 bits per heavy atom. The van der Waals surface area contributed by atoms with Gasteiger partial charge in [-0.25, -0.2) is 8.78 Å². The van der Waals surface area contributed by atoms with Crippen molar-refractivity contribution in [1.29, 1.82) is 0 Å². The number of aryl methyl sites for hydroxylation is 1. The van der Waals surface area contributed by atoms with Crippen molar-refractivity contribution < 1.29 is 23.0 Å². The van der Waals surface area contributed by atoms with Gasteiger partial charge in [0, 0.05) is 6.42 Å². The predicted molar refractivity (Wildman–Crippen MR) is 62.9 cm³/mol. The maximum absolute atomic E-state index is 12.7. The Labute approximate surface area is 105 Å². The molecule has 0 aromatic heterocycles. The molecule has 100 valence electrons. The number of alkyl halides is 2. The highest BCUT2D eigenvalue weighted by molar-refractivity contribution is 5.69. The van der Waals surface area contributed by atoms with Crippen molar-refractivity contribution in [2.45, 2.75) is 26.2 Å². The second-order valence-electron chi connectivity index (χ2n) is 3.68. The van der Waals surface area contributed by atoms with Gasteiger partial charge in [0.2, 0.25) is 0 Å². The lowest BCUT2D eigenvalue weighted by molar-refractivity contribution is -0.143. The van der Waals surface area contributed by atoms with Crippen molar-refractivity contribution in [3.63, 3.8) is 0 Å². The summed E-state index contributed by atoms with van der Waals surface area (Å²) in [5.74, 6) is -0.170. The minimum atomic E-state index is -2.59. The smallest absolute Gasteiger partial charge is 0.306 e.